The van der Waals surface area contributed by atoms with Gasteiger partial charge in [-0.25, -0.2) is 0 Å². The van der Waals surface area contributed by atoms with Gasteiger partial charge in [-0.15, -0.1) is 0 Å². The minimum absolute atomic E-state index is 0.397. The number of nitrogen functional groups attached to an aromatic ring is 1. The van der Waals surface area contributed by atoms with Crippen LogP contribution in [-0.4, -0.2) is 51.0 Å². The highest BCUT2D eigenvalue weighted by Gasteiger charge is 2.18. The van der Waals surface area contributed by atoms with Gasteiger partial charge in [-0.3, -0.25) is 4.90 Å². The van der Waals surface area contributed by atoms with Crippen LogP contribution in [0.4, 0.5) is 5.69 Å². The highest BCUT2D eigenvalue weighted by Crippen LogP contribution is 2.31. The van der Waals surface area contributed by atoms with Gasteiger partial charge in [0.25, 0.3) is 0 Å². The van der Waals surface area contributed by atoms with Crippen LogP contribution in [0.2, 0.25) is 0 Å². The molecular weight excluding hydrogens is 282 g/mol. The Bertz CT molecular complexity index is 542. The average Bonchev–Trinajstić information content (AvgIpc) is 2.53. The number of morpholine rings is 1. The number of benzene rings is 1. The molecule has 1 saturated heterocycles. The largest absolute Gasteiger partial charge is 0.493 e. The Kier molecular flexibility index (Phi) is 5.87. The zero-order chi connectivity index (χ0) is 15.9. The summed E-state index contributed by atoms with van der Waals surface area (Å²) in [5.74, 6) is 1.11. The maximum absolute atomic E-state index is 9.03. The molecule has 22 heavy (non-hydrogen) atoms. The van der Waals surface area contributed by atoms with E-state index < -0.39 is 0 Å². The topological polar surface area (TPSA) is 80.7 Å². The van der Waals surface area contributed by atoms with Gasteiger partial charge >= 0.3 is 0 Å². The Morgan fingerprint density at radius 1 is 1.45 bits per heavy atom. The number of rotatable bonds is 6. The van der Waals surface area contributed by atoms with Crippen LogP contribution in [0.3, 0.4) is 0 Å². The number of nitriles is 1. The average molecular weight is 305 g/mol. The number of ether oxygens (including phenoxy) is 3. The van der Waals surface area contributed by atoms with Crippen LogP contribution in [-0.2, 0) is 4.74 Å². The number of nitrogens with two attached hydrogens (primary N) is 1. The molecule has 1 aromatic rings. The van der Waals surface area contributed by atoms with Gasteiger partial charge in [-0.1, -0.05) is 0 Å². The Morgan fingerprint density at radius 3 is 2.95 bits per heavy atom. The molecule has 1 aliphatic rings. The van der Waals surface area contributed by atoms with E-state index >= 15 is 0 Å². The molecule has 0 aromatic heterocycles. The van der Waals surface area contributed by atoms with E-state index in [0.29, 0.717) is 35.4 Å². The monoisotopic (exact) mass is 305 g/mol. The zero-order valence-corrected chi connectivity index (χ0v) is 13.2. The molecule has 1 atom stereocenters. The van der Waals surface area contributed by atoms with E-state index in [0.717, 1.165) is 32.7 Å². The Balaban J connectivity index is 1.87. The van der Waals surface area contributed by atoms with E-state index in [1.165, 1.54) is 0 Å². The van der Waals surface area contributed by atoms with E-state index in [2.05, 4.69) is 17.9 Å². The molecule has 1 heterocycles. The summed E-state index contributed by atoms with van der Waals surface area (Å²) < 4.78 is 16.4. The van der Waals surface area contributed by atoms with Crippen molar-refractivity contribution in [3.63, 3.8) is 0 Å². The molecular formula is C16H23N3O3. The summed E-state index contributed by atoms with van der Waals surface area (Å²) in [6, 6.07) is 5.75. The van der Waals surface area contributed by atoms with Crippen LogP contribution in [0.1, 0.15) is 18.9 Å². The molecule has 1 unspecified atom stereocenters. The molecule has 2 N–H and O–H groups in total. The third-order valence-electron chi connectivity index (χ3n) is 3.81. The molecule has 6 nitrogen and oxygen atoms in total. The summed E-state index contributed by atoms with van der Waals surface area (Å²) >= 11 is 0. The van der Waals surface area contributed by atoms with Gasteiger partial charge < -0.3 is 19.9 Å². The first-order valence-electron chi connectivity index (χ1n) is 7.48. The fraction of sp³-hybridized carbons (Fsp3) is 0.562. The third kappa shape index (κ3) is 4.03. The Morgan fingerprint density at radius 2 is 2.27 bits per heavy atom. The van der Waals surface area contributed by atoms with Gasteiger partial charge in [0.05, 0.1) is 38.2 Å². The number of hydrogen-bond donors (Lipinski definition) is 1. The van der Waals surface area contributed by atoms with Crippen molar-refractivity contribution in [2.24, 2.45) is 0 Å². The minimum atomic E-state index is 0.397. The van der Waals surface area contributed by atoms with Crippen LogP contribution in [0.15, 0.2) is 12.1 Å². The molecule has 120 valence electrons. The molecule has 0 aliphatic carbocycles. The first kappa shape index (κ1) is 16.4. The van der Waals surface area contributed by atoms with E-state index in [4.69, 9.17) is 25.2 Å². The maximum Gasteiger partial charge on any atom is 0.162 e. The third-order valence-corrected chi connectivity index (χ3v) is 3.81. The van der Waals surface area contributed by atoms with Crippen molar-refractivity contribution in [3.8, 4) is 17.6 Å². The van der Waals surface area contributed by atoms with Gasteiger partial charge in [0, 0.05) is 31.3 Å². The smallest absolute Gasteiger partial charge is 0.162 e. The summed E-state index contributed by atoms with van der Waals surface area (Å²) in [7, 11) is 1.56. The minimum Gasteiger partial charge on any atom is -0.493 e. The van der Waals surface area contributed by atoms with Gasteiger partial charge in [-0.05, 0) is 13.3 Å². The summed E-state index contributed by atoms with van der Waals surface area (Å²) in [6.07, 6.45) is 0.903. The number of anilines is 1. The summed E-state index contributed by atoms with van der Waals surface area (Å²) in [5, 5.41) is 9.03. The molecule has 0 amide bonds. The van der Waals surface area contributed by atoms with Crippen molar-refractivity contribution in [3.05, 3.63) is 17.7 Å². The number of hydrogen-bond acceptors (Lipinski definition) is 6. The van der Waals surface area contributed by atoms with Crippen LogP contribution in [0.5, 0.6) is 11.5 Å². The van der Waals surface area contributed by atoms with Crippen molar-refractivity contribution in [1.82, 2.24) is 4.90 Å². The Labute approximate surface area is 131 Å². The summed E-state index contributed by atoms with van der Waals surface area (Å²) in [6.45, 7) is 6.25. The van der Waals surface area contributed by atoms with Crippen molar-refractivity contribution >= 4 is 5.69 Å². The molecule has 1 aliphatic heterocycles. The second kappa shape index (κ2) is 7.87. The van der Waals surface area contributed by atoms with Gasteiger partial charge in [0.1, 0.15) is 6.07 Å². The van der Waals surface area contributed by atoms with Gasteiger partial charge in [0.2, 0.25) is 0 Å². The normalized spacial score (nSPS) is 18.7. The standard InChI is InChI=1S/C16H23N3O3/c1-12-11-21-7-5-19(12)4-3-6-22-16-8-13(10-17)14(18)9-15(16)20-2/h8-9,12H,3-7,11,18H2,1-2H3. The summed E-state index contributed by atoms with van der Waals surface area (Å²) in [5.41, 5.74) is 6.57. The quantitative estimate of drug-likeness (QED) is 0.635. The van der Waals surface area contributed by atoms with E-state index in [9.17, 15) is 0 Å². The van der Waals surface area contributed by atoms with Gasteiger partial charge in [-0.2, -0.15) is 5.26 Å². The molecule has 0 radical (unpaired) electrons. The van der Waals surface area contributed by atoms with Crippen LogP contribution in [0.25, 0.3) is 0 Å². The van der Waals surface area contributed by atoms with E-state index in [1.54, 1.807) is 19.2 Å². The van der Waals surface area contributed by atoms with Crippen molar-refractivity contribution in [2.75, 3.05) is 45.8 Å². The predicted octanol–water partition coefficient (Wildman–Crippen LogP) is 1.64. The highest BCUT2D eigenvalue weighted by atomic mass is 16.5. The van der Waals surface area contributed by atoms with E-state index in [1.807, 2.05) is 0 Å². The molecule has 0 bridgehead atoms. The Hall–Kier alpha value is -1.97. The molecule has 2 rings (SSSR count). The lowest BCUT2D eigenvalue weighted by Gasteiger charge is -2.33. The first-order chi connectivity index (χ1) is 10.7. The first-order valence-corrected chi connectivity index (χ1v) is 7.48. The van der Waals surface area contributed by atoms with E-state index in [-0.39, 0.29) is 0 Å². The lowest BCUT2D eigenvalue weighted by atomic mass is 10.2. The molecule has 0 saturated carbocycles. The summed E-state index contributed by atoms with van der Waals surface area (Å²) in [4.78, 5) is 2.40. The van der Waals surface area contributed by atoms with Crippen LogP contribution >= 0.6 is 0 Å². The second-order valence-electron chi connectivity index (χ2n) is 5.36. The van der Waals surface area contributed by atoms with Crippen LogP contribution < -0.4 is 15.2 Å². The lowest BCUT2D eigenvalue weighted by Crippen LogP contribution is -2.44. The van der Waals surface area contributed by atoms with Gasteiger partial charge in [0.15, 0.2) is 11.5 Å². The lowest BCUT2D eigenvalue weighted by molar-refractivity contribution is -0.00203. The molecule has 6 heteroatoms. The van der Waals surface area contributed by atoms with Crippen molar-refractivity contribution in [1.29, 1.82) is 5.26 Å². The maximum atomic E-state index is 9.03. The second-order valence-corrected chi connectivity index (χ2v) is 5.36. The zero-order valence-electron chi connectivity index (χ0n) is 13.2. The fourth-order valence-electron chi connectivity index (χ4n) is 2.49. The van der Waals surface area contributed by atoms with Crippen molar-refractivity contribution in [2.45, 2.75) is 19.4 Å². The highest BCUT2D eigenvalue weighted by molar-refractivity contribution is 5.62. The van der Waals surface area contributed by atoms with Crippen molar-refractivity contribution < 1.29 is 14.2 Å². The fourth-order valence-corrected chi connectivity index (χ4v) is 2.49. The molecule has 1 aromatic carbocycles. The molecule has 0 spiro atoms. The number of methoxy groups -OCH3 is 1. The SMILES string of the molecule is COc1cc(N)c(C#N)cc1OCCCN1CCOCC1C. The number of nitrogens with zero attached hydrogens (tertiary/aromatic N) is 2. The van der Waals surface area contributed by atoms with Crippen LogP contribution in [0, 0.1) is 11.3 Å². The molecule has 1 fully saturated rings. The predicted molar refractivity (Wildman–Crippen MR) is 84.1 cm³/mol.